The van der Waals surface area contributed by atoms with Gasteiger partial charge < -0.3 is 0 Å². The summed E-state index contributed by atoms with van der Waals surface area (Å²) >= 11 is -3.20. The summed E-state index contributed by atoms with van der Waals surface area (Å²) in [5.74, 6) is 0. The summed E-state index contributed by atoms with van der Waals surface area (Å²) in [5.41, 5.74) is 26.4. The fourth-order valence-corrected chi connectivity index (χ4v) is 28.6. The molecule has 10 rings (SSSR count). The first-order chi connectivity index (χ1) is 25.7. The van der Waals surface area contributed by atoms with Crippen LogP contribution in [0.3, 0.4) is 0 Å². The second kappa shape index (κ2) is 12.1. The van der Waals surface area contributed by atoms with Gasteiger partial charge in [0.1, 0.15) is 0 Å². The third-order valence-electron chi connectivity index (χ3n) is 13.9. The number of hydrogen-bond donors (Lipinski definition) is 0. The first kappa shape index (κ1) is 33.3. The van der Waals surface area contributed by atoms with Crippen molar-refractivity contribution in [2.75, 3.05) is 0 Å². The van der Waals surface area contributed by atoms with Gasteiger partial charge in [0.05, 0.1) is 0 Å². The van der Waals surface area contributed by atoms with Crippen LogP contribution in [0.2, 0.25) is 9.36 Å². The molecule has 53 heavy (non-hydrogen) atoms. The molecule has 1 heteroatoms. The van der Waals surface area contributed by atoms with Crippen LogP contribution in [0.1, 0.15) is 71.1 Å². The van der Waals surface area contributed by atoms with E-state index in [1.54, 1.807) is 22.3 Å². The van der Waals surface area contributed by atoms with Crippen molar-refractivity contribution in [2.24, 2.45) is 5.41 Å². The van der Waals surface area contributed by atoms with E-state index >= 15 is 0 Å². The topological polar surface area (TPSA) is 0 Å². The normalized spacial score (nSPS) is 19.8. The SMILES string of the molecule is Cc1cccc(C)c1-c1ccccc1-c1cccc2c1C=C1[CH]2[Hf]([CH3])([CH3])[CH]2C(=Cc3c(-c4ccccc4-c4c(C)cccc4C)cccc32)C12CCC2. The van der Waals surface area contributed by atoms with Gasteiger partial charge in [0.2, 0.25) is 0 Å². The van der Waals surface area contributed by atoms with E-state index < -0.39 is 20.0 Å². The van der Waals surface area contributed by atoms with Crippen LogP contribution in [0.4, 0.5) is 0 Å². The molecular formula is C52H48Hf. The molecule has 3 aliphatic carbocycles. The van der Waals surface area contributed by atoms with Crippen molar-refractivity contribution in [3.05, 3.63) is 177 Å². The fourth-order valence-electron chi connectivity index (χ4n) is 11.5. The van der Waals surface area contributed by atoms with Gasteiger partial charge in [-0.3, -0.25) is 0 Å². The molecule has 1 saturated carbocycles. The standard InChI is InChI=1S/C50H42.2CH3.Hf/c1-32-14-9-15-33(2)48(32)44-22-7-5-20-40(44)42-24-11-18-36-28-38(30-46(36)42)50(26-13-27-50)39-29-37-19-12-25-43(47(37)31-39)41-21-6-8-23-45(41)49-34(3)16-10-17-35(49)4;;;/h5-12,14-25,28-31H,13,26-27H2,1-4H3;2*1H3;. The molecule has 2 atom stereocenters. The molecule has 0 N–H and O–H groups in total. The molecule has 0 radical (unpaired) electrons. The summed E-state index contributed by atoms with van der Waals surface area (Å²) < 4.78 is 6.80. The van der Waals surface area contributed by atoms with Gasteiger partial charge in [0, 0.05) is 0 Å². The number of benzene rings is 6. The summed E-state index contributed by atoms with van der Waals surface area (Å²) in [6.45, 7) is 9.06. The molecule has 6 aromatic carbocycles. The van der Waals surface area contributed by atoms with Crippen LogP contribution in [0.15, 0.2) is 132 Å². The maximum atomic E-state index is 2.80. The monoisotopic (exact) mass is 852 g/mol. The zero-order chi connectivity index (χ0) is 36.2. The van der Waals surface area contributed by atoms with Crippen LogP contribution in [0.5, 0.6) is 0 Å². The van der Waals surface area contributed by atoms with E-state index in [9.17, 15) is 0 Å². The zero-order valence-electron chi connectivity index (χ0n) is 32.0. The van der Waals surface area contributed by atoms with Crippen molar-refractivity contribution < 1.29 is 20.0 Å². The molecule has 2 fully saturated rings. The minimum atomic E-state index is -3.20. The molecule has 2 unspecified atom stereocenters. The van der Waals surface area contributed by atoms with E-state index in [1.165, 1.54) is 97.2 Å². The summed E-state index contributed by atoms with van der Waals surface area (Å²) in [6, 6.07) is 46.4. The van der Waals surface area contributed by atoms with E-state index in [0.717, 1.165) is 0 Å². The van der Waals surface area contributed by atoms with E-state index in [1.807, 2.05) is 0 Å². The van der Waals surface area contributed by atoms with Crippen molar-refractivity contribution >= 4 is 12.2 Å². The molecule has 0 amide bonds. The second-order valence-corrected chi connectivity index (χ2v) is 34.3. The van der Waals surface area contributed by atoms with Gasteiger partial charge in [0.25, 0.3) is 0 Å². The summed E-state index contributed by atoms with van der Waals surface area (Å²) in [7, 11) is 0. The Bertz CT molecular complexity index is 2360. The van der Waals surface area contributed by atoms with Crippen molar-refractivity contribution in [2.45, 2.75) is 63.7 Å². The average Bonchev–Trinajstić information content (AvgIpc) is 3.73. The van der Waals surface area contributed by atoms with Crippen molar-refractivity contribution in [3.8, 4) is 44.5 Å². The fraction of sp³-hybridized carbons (Fsp3) is 0.231. The summed E-state index contributed by atoms with van der Waals surface area (Å²) in [6.07, 6.45) is 9.35. The number of rotatable bonds is 4. The van der Waals surface area contributed by atoms with Crippen molar-refractivity contribution in [1.29, 1.82) is 0 Å². The molecule has 1 aliphatic heterocycles. The Morgan fingerprint density at radius 1 is 0.434 bits per heavy atom. The van der Waals surface area contributed by atoms with Crippen LogP contribution in [-0.2, 0) is 20.0 Å². The van der Waals surface area contributed by atoms with Gasteiger partial charge in [0.15, 0.2) is 0 Å². The number of fused-ring (bicyclic) bond motifs is 8. The second-order valence-electron chi connectivity index (χ2n) is 17.1. The molecule has 1 spiro atoms. The van der Waals surface area contributed by atoms with Crippen LogP contribution < -0.4 is 0 Å². The quantitative estimate of drug-likeness (QED) is 0.155. The third-order valence-corrected chi connectivity index (χ3v) is 29.0. The Hall–Kier alpha value is -4.33. The summed E-state index contributed by atoms with van der Waals surface area (Å²) in [5, 5.41) is 0. The average molecular weight is 851 g/mol. The van der Waals surface area contributed by atoms with Crippen LogP contribution in [0, 0.1) is 33.1 Å². The minimum absolute atomic E-state index is 0.176. The Balaban J connectivity index is 1.15. The molecule has 6 aromatic rings. The van der Waals surface area contributed by atoms with Crippen LogP contribution >= 0.6 is 0 Å². The molecule has 0 bridgehead atoms. The first-order valence-electron chi connectivity index (χ1n) is 19.7. The van der Waals surface area contributed by atoms with E-state index in [4.69, 9.17) is 0 Å². The predicted molar refractivity (Wildman–Crippen MR) is 223 cm³/mol. The maximum absolute atomic E-state index is 3.20. The molecule has 0 nitrogen and oxygen atoms in total. The molecular weight excluding hydrogens is 803 g/mol. The van der Waals surface area contributed by atoms with Gasteiger partial charge in [-0.2, -0.15) is 0 Å². The number of allylic oxidation sites excluding steroid dienone is 2. The molecule has 0 aromatic heterocycles. The predicted octanol–water partition coefficient (Wildman–Crippen LogP) is 14.6. The Morgan fingerprint density at radius 2 is 0.792 bits per heavy atom. The third kappa shape index (κ3) is 4.69. The first-order valence-corrected chi connectivity index (χ1v) is 31.1. The van der Waals surface area contributed by atoms with Gasteiger partial charge in [-0.25, -0.2) is 0 Å². The van der Waals surface area contributed by atoms with E-state index in [0.29, 0.717) is 7.35 Å². The van der Waals surface area contributed by atoms with Crippen LogP contribution in [0.25, 0.3) is 56.7 Å². The number of hydrogen-bond acceptors (Lipinski definition) is 0. The number of aryl methyl sites for hydroxylation is 4. The summed E-state index contributed by atoms with van der Waals surface area (Å²) in [4.78, 5) is 0. The van der Waals surface area contributed by atoms with Gasteiger partial charge in [-0.1, -0.05) is 0 Å². The van der Waals surface area contributed by atoms with Gasteiger partial charge in [-0.15, -0.1) is 0 Å². The van der Waals surface area contributed by atoms with E-state index in [-0.39, 0.29) is 5.41 Å². The molecule has 1 heterocycles. The zero-order valence-corrected chi connectivity index (χ0v) is 35.6. The molecule has 4 aliphatic rings. The van der Waals surface area contributed by atoms with Gasteiger partial charge >= 0.3 is 323 Å². The Kier molecular flexibility index (Phi) is 7.59. The van der Waals surface area contributed by atoms with Gasteiger partial charge in [-0.05, 0) is 0 Å². The van der Waals surface area contributed by atoms with E-state index in [2.05, 4.69) is 171 Å². The Morgan fingerprint density at radius 3 is 1.17 bits per heavy atom. The van der Waals surface area contributed by atoms with Crippen molar-refractivity contribution in [3.63, 3.8) is 0 Å². The Labute approximate surface area is 320 Å². The van der Waals surface area contributed by atoms with Crippen LogP contribution in [-0.4, -0.2) is 0 Å². The molecule has 260 valence electrons. The van der Waals surface area contributed by atoms with Crippen molar-refractivity contribution in [1.82, 2.24) is 0 Å². The molecule has 1 saturated heterocycles.